The van der Waals surface area contributed by atoms with Crippen LogP contribution in [0.15, 0.2) is 0 Å². The van der Waals surface area contributed by atoms with E-state index in [0.717, 1.165) is 0 Å². The Kier molecular flexibility index (Phi) is 12.4. The Bertz CT molecular complexity index is 438. The molecule has 0 aliphatic rings. The fourth-order valence-electron chi connectivity index (χ4n) is 1.06. The van der Waals surface area contributed by atoms with Crippen molar-refractivity contribution >= 4 is 129 Å². The molecule has 0 aromatic carbocycles. The van der Waals surface area contributed by atoms with Gasteiger partial charge >= 0.3 is 17.9 Å². The highest BCUT2D eigenvalue weighted by molar-refractivity contribution is 9.40. The molecule has 0 radical (unpaired) electrons. The molecule has 0 heterocycles. The van der Waals surface area contributed by atoms with Gasteiger partial charge in [0.2, 0.25) is 2.14 Å². The molecule has 0 spiro atoms. The molecule has 6 nitrogen and oxygen atoms in total. The van der Waals surface area contributed by atoms with Crippen LogP contribution < -0.4 is 0 Å². The molecular formula is C11H11Br7O6. The summed E-state index contributed by atoms with van der Waals surface area (Å²) in [4.78, 5) is 34.9. The SMILES string of the molecule is CC(COC(=O)C(Br)Br)(COC(=O)C(Br)Br)COC(=O)C(Br)(Br)Br. The molecule has 0 N–H and O–H groups in total. The van der Waals surface area contributed by atoms with Crippen molar-refractivity contribution in [2.75, 3.05) is 19.8 Å². The van der Waals surface area contributed by atoms with Crippen molar-refractivity contribution in [3.05, 3.63) is 0 Å². The number of esters is 3. The summed E-state index contributed by atoms with van der Waals surface area (Å²) in [6, 6.07) is 0. The van der Waals surface area contributed by atoms with Gasteiger partial charge < -0.3 is 14.2 Å². The van der Waals surface area contributed by atoms with Crippen LogP contribution in [0.25, 0.3) is 0 Å². The Morgan fingerprint density at radius 2 is 1.12 bits per heavy atom. The van der Waals surface area contributed by atoms with E-state index < -0.39 is 32.9 Å². The molecule has 0 fully saturated rings. The van der Waals surface area contributed by atoms with Crippen LogP contribution in [0.4, 0.5) is 0 Å². The maximum Gasteiger partial charge on any atom is 0.344 e. The van der Waals surface area contributed by atoms with E-state index in [0.29, 0.717) is 0 Å². The highest BCUT2D eigenvalue weighted by Crippen LogP contribution is 2.35. The van der Waals surface area contributed by atoms with E-state index in [1.165, 1.54) is 0 Å². The molecule has 0 rings (SSSR count). The second-order valence-corrected chi connectivity index (χ2v) is 17.6. The lowest BCUT2D eigenvalue weighted by atomic mass is 9.94. The van der Waals surface area contributed by atoms with Gasteiger partial charge in [0.25, 0.3) is 0 Å². The molecule has 24 heavy (non-hydrogen) atoms. The zero-order valence-corrected chi connectivity index (χ0v) is 23.0. The third kappa shape index (κ3) is 10.8. The summed E-state index contributed by atoms with van der Waals surface area (Å²) in [5.41, 5.74) is -0.941. The van der Waals surface area contributed by atoms with Crippen LogP contribution in [0.5, 0.6) is 0 Å². The summed E-state index contributed by atoms with van der Waals surface area (Å²) >= 11 is 21.2. The number of hydrogen-bond donors (Lipinski definition) is 0. The molecule has 0 saturated heterocycles. The molecule has 0 aromatic heterocycles. The van der Waals surface area contributed by atoms with Crippen LogP contribution in [-0.2, 0) is 28.6 Å². The van der Waals surface area contributed by atoms with Crippen molar-refractivity contribution in [2.45, 2.75) is 16.5 Å². The number of alkyl halides is 7. The van der Waals surface area contributed by atoms with E-state index >= 15 is 0 Å². The summed E-state index contributed by atoms with van der Waals surface area (Å²) in [6.07, 6.45) is 0. The first kappa shape index (κ1) is 25.8. The number of hydrogen-bond acceptors (Lipinski definition) is 6. The van der Waals surface area contributed by atoms with Crippen molar-refractivity contribution in [3.8, 4) is 0 Å². The summed E-state index contributed by atoms with van der Waals surface area (Å²) in [7, 11) is 0. The van der Waals surface area contributed by atoms with E-state index in [4.69, 9.17) is 14.2 Å². The molecule has 0 unspecified atom stereocenters. The lowest BCUT2D eigenvalue weighted by Crippen LogP contribution is -2.39. The van der Waals surface area contributed by atoms with E-state index in [1.807, 2.05) is 0 Å². The van der Waals surface area contributed by atoms with Crippen LogP contribution in [0.1, 0.15) is 6.92 Å². The lowest BCUT2D eigenvalue weighted by molar-refractivity contribution is -0.157. The third-order valence-corrected chi connectivity index (χ3v) is 4.73. The number of carbonyl (C=O) groups excluding carboxylic acids is 3. The summed E-state index contributed by atoms with van der Waals surface area (Å²) in [5, 5.41) is 0. The minimum absolute atomic E-state index is 0.130. The Morgan fingerprint density at radius 1 is 0.792 bits per heavy atom. The summed E-state index contributed by atoms with van der Waals surface area (Å²) in [6.45, 7) is 1.24. The fourth-order valence-corrected chi connectivity index (χ4v) is 1.94. The zero-order chi connectivity index (χ0) is 19.1. The Hall–Kier alpha value is 1.77. The van der Waals surface area contributed by atoms with E-state index in [2.05, 4.69) is 112 Å². The highest BCUT2D eigenvalue weighted by Gasteiger charge is 2.36. The second kappa shape index (κ2) is 11.6. The average molecular weight is 799 g/mol. The van der Waals surface area contributed by atoms with Gasteiger partial charge in [-0.25, -0.2) is 14.4 Å². The molecule has 0 atom stereocenters. The van der Waals surface area contributed by atoms with Crippen LogP contribution in [-0.4, -0.2) is 47.3 Å². The van der Waals surface area contributed by atoms with Crippen molar-refractivity contribution < 1.29 is 28.6 Å². The van der Waals surface area contributed by atoms with Crippen molar-refractivity contribution in [3.63, 3.8) is 0 Å². The molecule has 0 amide bonds. The quantitative estimate of drug-likeness (QED) is 0.202. The Balaban J connectivity index is 4.89. The molecule has 0 aromatic rings. The first-order valence-electron chi connectivity index (χ1n) is 5.92. The minimum atomic E-state index is -1.23. The standard InChI is InChI=1S/C11H11Br7O6/c1-10(2-22-7(19)5(12)13,3-23-8(20)6(14)15)4-24-9(21)11(16,17)18/h5-6H,2-4H2,1H3. The van der Waals surface area contributed by atoms with E-state index in [9.17, 15) is 14.4 Å². The number of carbonyl (C=O) groups is 3. The monoisotopic (exact) mass is 791 g/mol. The average Bonchev–Trinajstić information content (AvgIpc) is 2.46. The molecule has 140 valence electrons. The first-order valence-corrected chi connectivity index (χ1v) is 12.0. The second-order valence-electron chi connectivity index (χ2n) is 4.70. The first-order chi connectivity index (χ1) is 10.8. The minimum Gasteiger partial charge on any atom is -0.463 e. The predicted octanol–water partition coefficient (Wildman–Crippen LogP) is 4.69. The van der Waals surface area contributed by atoms with Crippen molar-refractivity contribution in [1.82, 2.24) is 0 Å². The van der Waals surface area contributed by atoms with Gasteiger partial charge in [0.05, 0.1) is 5.41 Å². The number of rotatable bonds is 8. The van der Waals surface area contributed by atoms with E-state index in [1.54, 1.807) is 6.92 Å². The van der Waals surface area contributed by atoms with Crippen LogP contribution >= 0.6 is 112 Å². The maximum absolute atomic E-state index is 11.8. The van der Waals surface area contributed by atoms with Crippen molar-refractivity contribution in [2.24, 2.45) is 5.41 Å². The predicted molar refractivity (Wildman–Crippen MR) is 114 cm³/mol. The lowest BCUT2D eigenvalue weighted by Gasteiger charge is -2.29. The topological polar surface area (TPSA) is 78.9 Å². The van der Waals surface area contributed by atoms with Gasteiger partial charge in [-0.2, -0.15) is 0 Å². The summed E-state index contributed by atoms with van der Waals surface area (Å²) < 4.78 is 12.8. The molecule has 0 saturated carbocycles. The normalized spacial score (nSPS) is 12.2. The third-order valence-electron chi connectivity index (χ3n) is 2.27. The molecule has 0 aliphatic carbocycles. The van der Waals surface area contributed by atoms with Gasteiger partial charge in [-0.3, -0.25) is 0 Å². The smallest absolute Gasteiger partial charge is 0.344 e. The van der Waals surface area contributed by atoms with Gasteiger partial charge in [-0.1, -0.05) is 63.7 Å². The summed E-state index contributed by atoms with van der Waals surface area (Å²) in [5.74, 6) is -1.77. The van der Waals surface area contributed by atoms with Crippen LogP contribution in [0, 0.1) is 5.41 Å². The van der Waals surface area contributed by atoms with Gasteiger partial charge in [0, 0.05) is 0 Å². The van der Waals surface area contributed by atoms with Crippen molar-refractivity contribution in [1.29, 1.82) is 0 Å². The maximum atomic E-state index is 11.8. The Morgan fingerprint density at radius 3 is 1.42 bits per heavy atom. The zero-order valence-electron chi connectivity index (χ0n) is 11.9. The fraction of sp³-hybridized carbons (Fsp3) is 0.727. The molecular weight excluding hydrogens is 787 g/mol. The highest BCUT2D eigenvalue weighted by atomic mass is 80.0. The van der Waals surface area contributed by atoms with E-state index in [-0.39, 0.29) is 19.8 Å². The van der Waals surface area contributed by atoms with Crippen LogP contribution in [0.2, 0.25) is 0 Å². The number of ether oxygens (including phenoxy) is 3. The number of halogens is 7. The molecule has 0 aliphatic heterocycles. The largest absolute Gasteiger partial charge is 0.463 e. The van der Waals surface area contributed by atoms with Gasteiger partial charge in [0.15, 0.2) is 7.47 Å². The molecule has 0 bridgehead atoms. The van der Waals surface area contributed by atoms with Crippen LogP contribution in [0.3, 0.4) is 0 Å². The van der Waals surface area contributed by atoms with Gasteiger partial charge in [-0.05, 0) is 54.7 Å². The Labute approximate surface area is 197 Å². The van der Waals surface area contributed by atoms with Gasteiger partial charge in [-0.15, -0.1) is 0 Å². The van der Waals surface area contributed by atoms with Gasteiger partial charge in [0.1, 0.15) is 19.8 Å². The molecule has 13 heteroatoms.